The van der Waals surface area contributed by atoms with Crippen molar-refractivity contribution in [2.45, 2.75) is 38.1 Å². The van der Waals surface area contributed by atoms with Crippen LogP contribution in [0.3, 0.4) is 0 Å². The molecule has 1 amide bonds. The van der Waals surface area contributed by atoms with Crippen molar-refractivity contribution in [1.29, 1.82) is 0 Å². The Kier molecular flexibility index (Phi) is 5.11. The summed E-state index contributed by atoms with van der Waals surface area (Å²) in [6.45, 7) is 0.593. The van der Waals surface area contributed by atoms with Gasteiger partial charge in [0, 0.05) is 25.2 Å². The van der Waals surface area contributed by atoms with Gasteiger partial charge in [-0.3, -0.25) is 9.59 Å². The third-order valence-electron chi connectivity index (χ3n) is 4.49. The summed E-state index contributed by atoms with van der Waals surface area (Å²) in [7, 11) is 0. The quantitative estimate of drug-likeness (QED) is 0.904. The molecule has 1 aliphatic heterocycles. The van der Waals surface area contributed by atoms with Crippen LogP contribution in [0.1, 0.15) is 42.6 Å². The first kappa shape index (κ1) is 17.1. The lowest BCUT2D eigenvalue weighted by Crippen LogP contribution is -2.44. The van der Waals surface area contributed by atoms with E-state index in [9.17, 15) is 14.0 Å². The van der Waals surface area contributed by atoms with E-state index in [0.717, 1.165) is 19.3 Å². The molecule has 0 bridgehead atoms. The average Bonchev–Trinajstić information content (AvgIpc) is 3.10. The summed E-state index contributed by atoms with van der Waals surface area (Å²) >= 11 is 0. The van der Waals surface area contributed by atoms with Gasteiger partial charge in [0.15, 0.2) is 5.69 Å². The zero-order valence-corrected chi connectivity index (χ0v) is 13.8. The Morgan fingerprint density at radius 2 is 2.04 bits per heavy atom. The van der Waals surface area contributed by atoms with E-state index in [1.54, 1.807) is 35.4 Å². The normalized spacial score (nSPS) is 17.5. The largest absolute Gasteiger partial charge is 0.481 e. The second-order valence-corrected chi connectivity index (χ2v) is 6.18. The van der Waals surface area contributed by atoms with Crippen molar-refractivity contribution in [2.75, 3.05) is 6.54 Å². The van der Waals surface area contributed by atoms with Gasteiger partial charge in [0.1, 0.15) is 11.5 Å². The number of carbonyl (C=O) groups excluding carboxylic acids is 1. The number of aliphatic carboxylic acids is 1. The van der Waals surface area contributed by atoms with E-state index in [2.05, 4.69) is 5.10 Å². The predicted molar refractivity (Wildman–Crippen MR) is 89.1 cm³/mol. The van der Waals surface area contributed by atoms with Crippen molar-refractivity contribution in [3.05, 3.63) is 48.0 Å². The number of aromatic nitrogens is 2. The highest BCUT2D eigenvalue weighted by Crippen LogP contribution is 2.23. The van der Waals surface area contributed by atoms with Gasteiger partial charge in [0.05, 0.1) is 0 Å². The molecule has 2 heterocycles. The Morgan fingerprint density at radius 3 is 2.80 bits per heavy atom. The van der Waals surface area contributed by atoms with Crippen LogP contribution < -0.4 is 0 Å². The van der Waals surface area contributed by atoms with Gasteiger partial charge in [0.2, 0.25) is 0 Å². The summed E-state index contributed by atoms with van der Waals surface area (Å²) in [6, 6.07) is 7.70. The zero-order valence-electron chi connectivity index (χ0n) is 13.8. The van der Waals surface area contributed by atoms with E-state index in [1.807, 2.05) is 0 Å². The van der Waals surface area contributed by atoms with E-state index in [0.29, 0.717) is 13.0 Å². The fourth-order valence-corrected chi connectivity index (χ4v) is 3.21. The zero-order chi connectivity index (χ0) is 17.8. The lowest BCUT2D eigenvalue weighted by Gasteiger charge is -2.35. The summed E-state index contributed by atoms with van der Waals surface area (Å²) in [5.41, 5.74) is 0.521. The van der Waals surface area contributed by atoms with Crippen molar-refractivity contribution < 1.29 is 19.1 Å². The van der Waals surface area contributed by atoms with Gasteiger partial charge in [0.25, 0.3) is 5.91 Å². The van der Waals surface area contributed by atoms with Crippen LogP contribution in [0, 0.1) is 5.82 Å². The number of halogens is 1. The molecule has 7 heteroatoms. The molecule has 1 fully saturated rings. The number of hydrogen-bond acceptors (Lipinski definition) is 3. The van der Waals surface area contributed by atoms with Gasteiger partial charge in [-0.2, -0.15) is 5.10 Å². The van der Waals surface area contributed by atoms with Gasteiger partial charge in [-0.1, -0.05) is 12.1 Å². The number of carboxylic acids is 1. The summed E-state index contributed by atoms with van der Waals surface area (Å²) in [5.74, 6) is -1.51. The molecule has 0 radical (unpaired) electrons. The van der Waals surface area contributed by atoms with Crippen LogP contribution in [-0.4, -0.2) is 44.3 Å². The number of likely N-dealkylation sites (tertiary alicyclic amines) is 1. The van der Waals surface area contributed by atoms with E-state index < -0.39 is 11.8 Å². The minimum atomic E-state index is -0.859. The Morgan fingerprint density at radius 1 is 1.24 bits per heavy atom. The van der Waals surface area contributed by atoms with Crippen molar-refractivity contribution in [2.24, 2.45) is 0 Å². The van der Waals surface area contributed by atoms with E-state index in [-0.39, 0.29) is 29.8 Å². The van der Waals surface area contributed by atoms with Gasteiger partial charge in [-0.25, -0.2) is 9.07 Å². The molecule has 0 unspecified atom stereocenters. The SMILES string of the molecule is O=C(O)CC[C@@H]1CCCCN1C(=O)c1ccn(-c2ccccc2F)n1. The van der Waals surface area contributed by atoms with Crippen LogP contribution in [0.25, 0.3) is 5.69 Å². The molecule has 3 rings (SSSR count). The molecule has 1 aromatic carbocycles. The van der Waals surface area contributed by atoms with Crippen molar-refractivity contribution in [3.8, 4) is 5.69 Å². The Bertz CT molecular complexity index is 774. The molecule has 1 saturated heterocycles. The molecule has 1 atom stereocenters. The highest BCUT2D eigenvalue weighted by Gasteiger charge is 2.29. The highest BCUT2D eigenvalue weighted by molar-refractivity contribution is 5.92. The fourth-order valence-electron chi connectivity index (χ4n) is 3.21. The second kappa shape index (κ2) is 7.46. The van der Waals surface area contributed by atoms with Crippen molar-refractivity contribution in [1.82, 2.24) is 14.7 Å². The first-order chi connectivity index (χ1) is 12.1. The minimum Gasteiger partial charge on any atom is -0.481 e. The molecule has 0 aliphatic carbocycles. The maximum atomic E-state index is 13.9. The molecule has 132 valence electrons. The van der Waals surface area contributed by atoms with E-state index in [1.165, 1.54) is 10.7 Å². The molecule has 6 nitrogen and oxygen atoms in total. The molecule has 25 heavy (non-hydrogen) atoms. The van der Waals surface area contributed by atoms with Gasteiger partial charge < -0.3 is 10.0 Å². The Hall–Kier alpha value is -2.70. The van der Waals surface area contributed by atoms with E-state index >= 15 is 0 Å². The number of rotatable bonds is 5. The van der Waals surface area contributed by atoms with Crippen molar-refractivity contribution >= 4 is 11.9 Å². The first-order valence-electron chi connectivity index (χ1n) is 8.39. The van der Waals surface area contributed by atoms with Crippen LogP contribution >= 0.6 is 0 Å². The van der Waals surface area contributed by atoms with Crippen LogP contribution in [0.4, 0.5) is 4.39 Å². The summed E-state index contributed by atoms with van der Waals surface area (Å²) in [6.07, 6.45) is 4.71. The highest BCUT2D eigenvalue weighted by atomic mass is 19.1. The number of para-hydroxylation sites is 1. The maximum Gasteiger partial charge on any atom is 0.303 e. The summed E-state index contributed by atoms with van der Waals surface area (Å²) < 4.78 is 15.2. The number of benzene rings is 1. The fraction of sp³-hybridized carbons (Fsp3) is 0.389. The molecule has 1 aliphatic rings. The molecule has 1 aromatic heterocycles. The number of carboxylic acid groups (broad SMARTS) is 1. The molecule has 2 aromatic rings. The minimum absolute atomic E-state index is 0.0398. The average molecular weight is 345 g/mol. The number of amides is 1. The lowest BCUT2D eigenvalue weighted by molar-refractivity contribution is -0.137. The smallest absolute Gasteiger partial charge is 0.303 e. The third kappa shape index (κ3) is 3.87. The first-order valence-corrected chi connectivity index (χ1v) is 8.39. The molecule has 0 saturated carbocycles. The van der Waals surface area contributed by atoms with E-state index in [4.69, 9.17) is 5.11 Å². The Balaban J connectivity index is 1.78. The predicted octanol–water partition coefficient (Wildman–Crippen LogP) is 2.87. The topological polar surface area (TPSA) is 75.4 Å². The summed E-state index contributed by atoms with van der Waals surface area (Å²) in [5, 5.41) is 13.1. The van der Waals surface area contributed by atoms with Crippen LogP contribution in [0.5, 0.6) is 0 Å². The van der Waals surface area contributed by atoms with Crippen LogP contribution in [0.15, 0.2) is 36.5 Å². The number of nitrogens with zero attached hydrogens (tertiary/aromatic N) is 3. The number of carbonyl (C=O) groups is 2. The second-order valence-electron chi connectivity index (χ2n) is 6.18. The number of hydrogen-bond donors (Lipinski definition) is 1. The summed E-state index contributed by atoms with van der Waals surface area (Å²) in [4.78, 5) is 25.3. The monoisotopic (exact) mass is 345 g/mol. The van der Waals surface area contributed by atoms with Crippen LogP contribution in [-0.2, 0) is 4.79 Å². The van der Waals surface area contributed by atoms with Gasteiger partial charge in [-0.15, -0.1) is 0 Å². The lowest BCUT2D eigenvalue weighted by atomic mass is 9.97. The molecular weight excluding hydrogens is 325 g/mol. The maximum absolute atomic E-state index is 13.9. The third-order valence-corrected chi connectivity index (χ3v) is 4.49. The Labute approximate surface area is 144 Å². The molecule has 1 N–H and O–H groups in total. The molecule has 0 spiro atoms. The number of piperidine rings is 1. The van der Waals surface area contributed by atoms with Crippen LogP contribution in [0.2, 0.25) is 0 Å². The standard InChI is InChI=1S/C18H20FN3O3/c19-14-6-1-2-7-16(14)22-12-10-15(20-22)18(25)21-11-4-3-5-13(21)8-9-17(23)24/h1-2,6-7,10,12-13H,3-5,8-9,11H2,(H,23,24)/t13-/m0/s1. The van der Waals surface area contributed by atoms with Crippen molar-refractivity contribution in [3.63, 3.8) is 0 Å². The van der Waals surface area contributed by atoms with Gasteiger partial charge in [-0.05, 0) is 43.9 Å². The molecular formula is C18H20FN3O3. The van der Waals surface area contributed by atoms with Gasteiger partial charge >= 0.3 is 5.97 Å².